The number of likely N-dealkylation sites (tertiary alicyclic amines) is 1. The van der Waals surface area contributed by atoms with Crippen LogP contribution in [0.2, 0.25) is 0 Å². The third-order valence-electron chi connectivity index (χ3n) is 10.1. The highest BCUT2D eigenvalue weighted by molar-refractivity contribution is 7.99. The van der Waals surface area contributed by atoms with E-state index >= 15 is 0 Å². The van der Waals surface area contributed by atoms with Gasteiger partial charge in [0.1, 0.15) is 18.0 Å². The highest BCUT2D eigenvalue weighted by atomic mass is 32.2. The second-order valence-electron chi connectivity index (χ2n) is 15.1. The Hall–Kier alpha value is -5.00. The Morgan fingerprint density at radius 3 is 2.48 bits per heavy atom. The number of nitrogens with one attached hydrogen (secondary N) is 3. The van der Waals surface area contributed by atoms with Gasteiger partial charge < -0.3 is 30.4 Å². The largest absolute Gasteiger partial charge is 0.496 e. The summed E-state index contributed by atoms with van der Waals surface area (Å²) in [5.74, 6) is 1.38. The minimum Gasteiger partial charge on any atom is -0.496 e. The molecule has 14 nitrogen and oxygen atoms in total. The number of carbonyl (C=O) groups excluding carboxylic acids is 4. The number of benzene rings is 1. The van der Waals surface area contributed by atoms with Crippen molar-refractivity contribution in [2.24, 2.45) is 17.6 Å². The number of halogens is 3. The minimum atomic E-state index is -4.40. The Balaban J connectivity index is 0.000000234. The molecule has 2 saturated carbocycles. The van der Waals surface area contributed by atoms with Gasteiger partial charge in [0.15, 0.2) is 11.3 Å². The lowest BCUT2D eigenvalue weighted by molar-refractivity contribution is -0.142. The van der Waals surface area contributed by atoms with Crippen LogP contribution in [0.15, 0.2) is 47.4 Å². The monoisotopic (exact) mass is 863 g/mol. The number of primary amides is 1. The van der Waals surface area contributed by atoms with Crippen LogP contribution in [0.1, 0.15) is 102 Å². The van der Waals surface area contributed by atoms with E-state index in [4.69, 9.17) is 14.3 Å². The molecule has 0 radical (unpaired) electrons. The molecule has 332 valence electrons. The molecule has 3 fully saturated rings. The average molecular weight is 864 g/mol. The Morgan fingerprint density at radius 1 is 1.17 bits per heavy atom. The predicted molar refractivity (Wildman–Crippen MR) is 227 cm³/mol. The fourth-order valence-corrected chi connectivity index (χ4v) is 7.12. The van der Waals surface area contributed by atoms with E-state index in [9.17, 15) is 32.3 Å². The van der Waals surface area contributed by atoms with Crippen LogP contribution in [0.3, 0.4) is 0 Å². The van der Waals surface area contributed by atoms with Gasteiger partial charge in [0.2, 0.25) is 18.2 Å². The smallest absolute Gasteiger partial charge is 0.408 e. The van der Waals surface area contributed by atoms with Crippen molar-refractivity contribution in [1.82, 2.24) is 29.7 Å². The number of methoxy groups -OCH3 is 1. The van der Waals surface area contributed by atoms with Gasteiger partial charge >= 0.3 is 6.18 Å². The van der Waals surface area contributed by atoms with E-state index in [1.807, 2.05) is 20.8 Å². The zero-order valence-corrected chi connectivity index (χ0v) is 36.2. The van der Waals surface area contributed by atoms with Crippen LogP contribution in [0, 0.1) is 18.8 Å². The third kappa shape index (κ3) is 16.2. The molecule has 1 saturated heterocycles. The molecular formula is C42H60F3N7O7S. The predicted octanol–water partition coefficient (Wildman–Crippen LogP) is 6.61. The van der Waals surface area contributed by atoms with Crippen molar-refractivity contribution in [2.75, 3.05) is 26.8 Å². The summed E-state index contributed by atoms with van der Waals surface area (Å²) in [5.41, 5.74) is 5.64. The number of hydrogen-bond acceptors (Lipinski definition) is 9. The third-order valence-corrected chi connectivity index (χ3v) is 11.3. The van der Waals surface area contributed by atoms with E-state index < -0.39 is 18.6 Å². The number of fused-ring (bicyclic) bond motifs is 1. The fraction of sp³-hybridized carbons (Fsp3) is 0.571. The van der Waals surface area contributed by atoms with Crippen molar-refractivity contribution in [3.8, 4) is 11.6 Å². The molecule has 0 unspecified atom stereocenters. The maximum Gasteiger partial charge on any atom is 0.408 e. The van der Waals surface area contributed by atoms with Gasteiger partial charge in [-0.25, -0.2) is 0 Å². The first-order valence-corrected chi connectivity index (χ1v) is 21.1. The summed E-state index contributed by atoms with van der Waals surface area (Å²) in [6, 6.07) is 6.36. The van der Waals surface area contributed by atoms with Crippen molar-refractivity contribution in [1.29, 1.82) is 0 Å². The lowest BCUT2D eigenvalue weighted by atomic mass is 10.1. The van der Waals surface area contributed by atoms with E-state index in [0.717, 1.165) is 42.3 Å². The minimum absolute atomic E-state index is 0.0482. The molecule has 60 heavy (non-hydrogen) atoms. The summed E-state index contributed by atoms with van der Waals surface area (Å²) < 4.78 is 51.2. The molecule has 2 aliphatic carbocycles. The molecule has 3 heterocycles. The van der Waals surface area contributed by atoms with Crippen LogP contribution in [0.25, 0.3) is 10.9 Å². The molecule has 2 aromatic heterocycles. The number of nitrogens with two attached hydrogens (primary N) is 1. The Bertz CT molecular complexity index is 1970. The number of alkyl halides is 3. The average Bonchev–Trinajstić information content (AvgIpc) is 4.03. The number of nitrogens with zero attached hydrogens (tertiary/aromatic N) is 3. The van der Waals surface area contributed by atoms with Crippen LogP contribution in [-0.2, 0) is 20.9 Å². The summed E-state index contributed by atoms with van der Waals surface area (Å²) in [6.45, 7) is 9.90. The van der Waals surface area contributed by atoms with E-state index in [1.54, 1.807) is 36.1 Å². The molecule has 18 heteroatoms. The summed E-state index contributed by atoms with van der Waals surface area (Å²) in [5, 5.41) is 6.58. The lowest BCUT2D eigenvalue weighted by Gasteiger charge is -2.21. The summed E-state index contributed by atoms with van der Waals surface area (Å²) in [4.78, 5) is 60.8. The summed E-state index contributed by atoms with van der Waals surface area (Å²) in [6.07, 6.45) is 11.9. The number of rotatable bonds is 15. The SMILES string of the molecule is CCCCC/C=C\[C@@H]1C[C@@H]1C(=O)NSC1(C)CC1.CCOc1cc(=O)c2ccc(OC)c(C)c2[nH]1.C[C@@H]1CCCN1C(=O)CNC(=O)c1ccn(CC(F)(F)F)n1.NC=O. The second kappa shape index (κ2) is 23.7. The van der Waals surface area contributed by atoms with Gasteiger partial charge in [0.05, 0.1) is 25.8 Å². The normalized spacial score (nSPS) is 18.5. The maximum absolute atomic E-state index is 12.2. The van der Waals surface area contributed by atoms with Crippen molar-refractivity contribution >= 4 is 47.0 Å². The van der Waals surface area contributed by atoms with Crippen molar-refractivity contribution < 1.29 is 41.8 Å². The van der Waals surface area contributed by atoms with Crippen molar-refractivity contribution in [3.05, 3.63) is 64.1 Å². The number of pyridine rings is 1. The molecule has 0 spiro atoms. The quantitative estimate of drug-likeness (QED) is 0.0564. The standard InChI is InChI=1S/C15H25NOS.C13H17F3N4O2.C13H15NO3.CH3NO/c1-3-4-5-6-7-8-12-11-13(12)14(17)16-18-15(2)9-10-15;1-9-3-2-5-20(9)11(21)7-17-12(22)10-4-6-19(18-10)8-13(14,15)16;1-4-17-12-7-10(15)9-5-6-11(16-3)8(2)13(9)14-12;2-1-3/h7-8,12-13H,3-6,9-11H2,1-2H3,(H,16,17);4,6,9H,2-3,5,7-8H2,1H3,(H,17,22);5-7H,4H2,1-3H3,(H,14,15);1H,(H2,2,3)/b8-7-;;;/t12-,13+;9-;;/m11../s1. The number of amides is 4. The van der Waals surface area contributed by atoms with Crippen molar-refractivity contribution in [2.45, 2.75) is 116 Å². The number of carbonyl (C=O) groups is 4. The van der Waals surface area contributed by atoms with Gasteiger partial charge in [-0.3, -0.25) is 33.4 Å². The number of aryl methyl sites for hydroxylation is 1. The topological polar surface area (TPSA) is 191 Å². The molecular weight excluding hydrogens is 804 g/mol. The maximum atomic E-state index is 12.2. The lowest BCUT2D eigenvalue weighted by Crippen LogP contribution is -2.41. The van der Waals surface area contributed by atoms with Gasteiger partial charge in [0.25, 0.3) is 5.91 Å². The van der Waals surface area contributed by atoms with Gasteiger partial charge in [0, 0.05) is 46.5 Å². The molecule has 1 aliphatic heterocycles. The van der Waals surface area contributed by atoms with E-state index in [2.05, 4.69) is 51.9 Å². The van der Waals surface area contributed by atoms with Crippen LogP contribution in [-0.4, -0.2) is 87.6 Å². The molecule has 5 N–H and O–H groups in total. The highest BCUT2D eigenvalue weighted by Crippen LogP contribution is 2.47. The number of H-pyrrole nitrogens is 1. The zero-order valence-electron chi connectivity index (χ0n) is 35.4. The zero-order chi connectivity index (χ0) is 44.5. The van der Waals surface area contributed by atoms with Crippen molar-refractivity contribution in [3.63, 3.8) is 0 Å². The Kier molecular flexibility index (Phi) is 19.5. The molecule has 1 aromatic carbocycles. The molecule has 3 atom stereocenters. The van der Waals surface area contributed by atoms with Gasteiger partial charge in [-0.15, -0.1) is 0 Å². The van der Waals surface area contributed by atoms with E-state index in [0.29, 0.717) is 39.8 Å². The van der Waals surface area contributed by atoms with Gasteiger partial charge in [-0.05, 0) is 109 Å². The number of allylic oxidation sites excluding steroid dienone is 2. The second-order valence-corrected chi connectivity index (χ2v) is 16.5. The van der Waals surface area contributed by atoms with Crippen LogP contribution < -0.4 is 30.7 Å². The molecule has 0 bridgehead atoms. The number of hydrogen-bond donors (Lipinski definition) is 4. The van der Waals surface area contributed by atoms with E-state index in [-0.39, 0.29) is 47.9 Å². The molecule has 3 aliphatic rings. The highest BCUT2D eigenvalue weighted by Gasteiger charge is 2.44. The first kappa shape index (κ1) is 49.4. The van der Waals surface area contributed by atoms with Crippen LogP contribution in [0.4, 0.5) is 13.2 Å². The Labute approximate surface area is 353 Å². The van der Waals surface area contributed by atoms with Gasteiger partial charge in [-0.1, -0.05) is 31.9 Å². The number of aromatic amines is 1. The van der Waals surface area contributed by atoms with Crippen LogP contribution in [0.5, 0.6) is 11.6 Å². The Morgan fingerprint density at radius 2 is 1.88 bits per heavy atom. The molecule has 6 rings (SSSR count). The van der Waals surface area contributed by atoms with Crippen LogP contribution >= 0.6 is 11.9 Å². The summed E-state index contributed by atoms with van der Waals surface area (Å²) in [7, 11) is 1.61. The van der Waals surface area contributed by atoms with Gasteiger partial charge in [-0.2, -0.15) is 18.3 Å². The fourth-order valence-electron chi connectivity index (χ4n) is 6.32. The van der Waals surface area contributed by atoms with E-state index in [1.165, 1.54) is 50.7 Å². The number of ether oxygens (including phenoxy) is 2. The first-order valence-electron chi connectivity index (χ1n) is 20.3. The first-order chi connectivity index (χ1) is 28.5. The molecule has 4 amide bonds. The summed E-state index contributed by atoms with van der Waals surface area (Å²) >= 11 is 1.63. The number of aromatic nitrogens is 3. The molecule has 3 aromatic rings. The number of unbranched alkanes of at least 4 members (excludes halogenated alkanes) is 3.